The summed E-state index contributed by atoms with van der Waals surface area (Å²) in [5.41, 5.74) is 1.10. The summed E-state index contributed by atoms with van der Waals surface area (Å²) >= 11 is 1.69. The zero-order chi connectivity index (χ0) is 16.9. The number of amides is 1. The number of fused-ring (bicyclic) bond motifs is 1. The zero-order valence-electron chi connectivity index (χ0n) is 14.0. The van der Waals surface area contributed by atoms with Crippen LogP contribution in [0.15, 0.2) is 35.7 Å². The third kappa shape index (κ3) is 4.07. The summed E-state index contributed by atoms with van der Waals surface area (Å²) in [4.78, 5) is 15.4. The van der Waals surface area contributed by atoms with Gasteiger partial charge in [0.25, 0.3) is 0 Å². The van der Waals surface area contributed by atoms with Gasteiger partial charge in [0, 0.05) is 17.8 Å². The first kappa shape index (κ1) is 16.8. The van der Waals surface area contributed by atoms with E-state index in [0.717, 1.165) is 23.5 Å². The molecule has 1 N–H and O–H groups in total. The number of carbonyl (C=O) groups is 1. The predicted molar refractivity (Wildman–Crippen MR) is 94.6 cm³/mol. The molecule has 1 unspecified atom stereocenters. The topological polar surface area (TPSA) is 50.8 Å². The van der Waals surface area contributed by atoms with Gasteiger partial charge in [0.1, 0.15) is 0 Å². The van der Waals surface area contributed by atoms with E-state index in [2.05, 4.69) is 16.3 Å². The van der Waals surface area contributed by atoms with E-state index in [9.17, 15) is 4.79 Å². The number of ether oxygens (including phenoxy) is 2. The van der Waals surface area contributed by atoms with Crippen molar-refractivity contribution in [2.75, 3.05) is 27.4 Å². The average Bonchev–Trinajstić information content (AvgIpc) is 3.23. The van der Waals surface area contributed by atoms with Crippen molar-refractivity contribution in [3.05, 3.63) is 46.2 Å². The molecule has 1 aliphatic heterocycles. The van der Waals surface area contributed by atoms with Gasteiger partial charge in [-0.25, -0.2) is 0 Å². The number of hydrogen-bond donors (Lipinski definition) is 1. The molecule has 0 aliphatic carbocycles. The molecule has 2 aromatic rings. The average molecular weight is 346 g/mol. The highest BCUT2D eigenvalue weighted by Crippen LogP contribution is 2.34. The van der Waals surface area contributed by atoms with E-state index in [1.165, 1.54) is 4.88 Å². The Labute approximate surface area is 146 Å². The highest BCUT2D eigenvalue weighted by molar-refractivity contribution is 7.09. The van der Waals surface area contributed by atoms with Crippen molar-refractivity contribution in [1.29, 1.82) is 0 Å². The fraction of sp³-hybridized carbons (Fsp3) is 0.389. The second-order valence-corrected chi connectivity index (χ2v) is 7.01. The molecule has 1 aromatic heterocycles. The van der Waals surface area contributed by atoms with E-state index >= 15 is 0 Å². The molecule has 0 bridgehead atoms. The summed E-state index contributed by atoms with van der Waals surface area (Å²) in [5.74, 6) is 1.62. The molecule has 1 aliphatic rings. The molecular formula is C18H22N2O3S. The molecule has 5 nitrogen and oxygen atoms in total. The number of nitrogens with zero attached hydrogens (tertiary/aromatic N) is 1. The van der Waals surface area contributed by atoms with Crippen LogP contribution in [0, 0.1) is 0 Å². The highest BCUT2D eigenvalue weighted by atomic mass is 32.1. The number of thiophene rings is 1. The van der Waals surface area contributed by atoms with Crippen molar-refractivity contribution in [2.45, 2.75) is 18.9 Å². The van der Waals surface area contributed by atoms with Crippen molar-refractivity contribution >= 4 is 17.2 Å². The molecule has 3 rings (SSSR count). The SMILES string of the molecule is CN(C)C(CNC(=O)CCc1cccs1)c1ccc2c(c1)OCO2. The summed E-state index contributed by atoms with van der Waals surface area (Å²) in [6.45, 7) is 0.834. The van der Waals surface area contributed by atoms with E-state index in [4.69, 9.17) is 9.47 Å². The summed E-state index contributed by atoms with van der Waals surface area (Å²) in [6, 6.07) is 10.1. The smallest absolute Gasteiger partial charge is 0.231 e. The molecule has 0 spiro atoms. The second-order valence-electron chi connectivity index (χ2n) is 5.98. The van der Waals surface area contributed by atoms with Crippen molar-refractivity contribution in [3.8, 4) is 11.5 Å². The highest BCUT2D eigenvalue weighted by Gasteiger charge is 2.20. The number of aryl methyl sites for hydroxylation is 1. The van der Waals surface area contributed by atoms with Crippen LogP contribution in [0.4, 0.5) is 0 Å². The number of benzene rings is 1. The monoisotopic (exact) mass is 346 g/mol. The van der Waals surface area contributed by atoms with Crippen molar-refractivity contribution in [3.63, 3.8) is 0 Å². The van der Waals surface area contributed by atoms with Gasteiger partial charge in [-0.1, -0.05) is 12.1 Å². The van der Waals surface area contributed by atoms with Gasteiger partial charge in [0.15, 0.2) is 11.5 Å². The largest absolute Gasteiger partial charge is 0.454 e. The van der Waals surface area contributed by atoms with Gasteiger partial charge >= 0.3 is 0 Å². The fourth-order valence-corrected chi connectivity index (χ4v) is 3.42. The number of nitrogens with one attached hydrogen (secondary N) is 1. The number of carbonyl (C=O) groups excluding carboxylic acids is 1. The summed E-state index contributed by atoms with van der Waals surface area (Å²) in [5, 5.41) is 5.08. The van der Waals surface area contributed by atoms with Gasteiger partial charge in [0.2, 0.25) is 12.7 Å². The minimum absolute atomic E-state index is 0.0796. The van der Waals surface area contributed by atoms with Crippen LogP contribution >= 0.6 is 11.3 Å². The van der Waals surface area contributed by atoms with E-state index in [-0.39, 0.29) is 18.7 Å². The molecule has 0 fully saturated rings. The Balaban J connectivity index is 1.57. The maximum atomic E-state index is 12.1. The molecule has 1 atom stereocenters. The van der Waals surface area contributed by atoms with Gasteiger partial charge < -0.3 is 19.7 Å². The van der Waals surface area contributed by atoms with Gasteiger partial charge in [-0.2, -0.15) is 0 Å². The first-order chi connectivity index (χ1) is 11.6. The molecule has 6 heteroatoms. The van der Waals surface area contributed by atoms with Crippen LogP contribution in [0.25, 0.3) is 0 Å². The standard InChI is InChI=1S/C18H22N2O3S/c1-20(2)15(13-5-7-16-17(10-13)23-12-22-16)11-19-18(21)8-6-14-4-3-9-24-14/h3-5,7,9-10,15H,6,8,11-12H2,1-2H3,(H,19,21). The Morgan fingerprint density at radius 3 is 2.88 bits per heavy atom. The Kier molecular flexibility index (Phi) is 5.37. The number of likely N-dealkylation sites (N-methyl/N-ethyl adjacent to an activating group) is 1. The zero-order valence-corrected chi connectivity index (χ0v) is 14.8. The van der Waals surface area contributed by atoms with Crippen molar-refractivity contribution in [2.24, 2.45) is 0 Å². The molecule has 1 amide bonds. The minimum Gasteiger partial charge on any atom is -0.454 e. The molecular weight excluding hydrogens is 324 g/mol. The molecule has 0 radical (unpaired) electrons. The Morgan fingerprint density at radius 2 is 2.12 bits per heavy atom. The van der Waals surface area contributed by atoms with Crippen LogP contribution in [-0.4, -0.2) is 38.2 Å². The molecule has 2 heterocycles. The third-order valence-corrected chi connectivity index (χ3v) is 5.01. The maximum absolute atomic E-state index is 12.1. The molecule has 0 saturated carbocycles. The number of hydrogen-bond acceptors (Lipinski definition) is 5. The lowest BCUT2D eigenvalue weighted by molar-refractivity contribution is -0.121. The van der Waals surface area contributed by atoms with E-state index in [0.29, 0.717) is 13.0 Å². The summed E-state index contributed by atoms with van der Waals surface area (Å²) < 4.78 is 10.8. The second kappa shape index (κ2) is 7.68. The van der Waals surface area contributed by atoms with Crippen molar-refractivity contribution in [1.82, 2.24) is 10.2 Å². The number of rotatable bonds is 7. The summed E-state index contributed by atoms with van der Waals surface area (Å²) in [6.07, 6.45) is 1.31. The lowest BCUT2D eigenvalue weighted by Gasteiger charge is -2.25. The lowest BCUT2D eigenvalue weighted by atomic mass is 10.0. The predicted octanol–water partition coefficient (Wildman–Crippen LogP) is 2.83. The quantitative estimate of drug-likeness (QED) is 0.838. The first-order valence-corrected chi connectivity index (χ1v) is 8.86. The van der Waals surface area contributed by atoms with E-state index in [1.54, 1.807) is 11.3 Å². The van der Waals surface area contributed by atoms with Crippen LogP contribution in [0.3, 0.4) is 0 Å². The van der Waals surface area contributed by atoms with Crippen LogP contribution in [0.2, 0.25) is 0 Å². The van der Waals surface area contributed by atoms with Gasteiger partial charge in [-0.3, -0.25) is 4.79 Å². The first-order valence-electron chi connectivity index (χ1n) is 7.98. The Bertz CT molecular complexity index is 686. The molecule has 128 valence electrons. The normalized spacial score (nSPS) is 14.0. The van der Waals surface area contributed by atoms with Crippen LogP contribution < -0.4 is 14.8 Å². The molecule has 1 aromatic carbocycles. The van der Waals surface area contributed by atoms with E-state index < -0.39 is 0 Å². The Hall–Kier alpha value is -2.05. The van der Waals surface area contributed by atoms with Gasteiger partial charge in [-0.05, 0) is 49.7 Å². The van der Waals surface area contributed by atoms with Crippen LogP contribution in [-0.2, 0) is 11.2 Å². The fourth-order valence-electron chi connectivity index (χ4n) is 2.71. The lowest BCUT2D eigenvalue weighted by Crippen LogP contribution is -2.34. The minimum atomic E-state index is 0.0796. The summed E-state index contributed by atoms with van der Waals surface area (Å²) in [7, 11) is 4.01. The molecule has 24 heavy (non-hydrogen) atoms. The molecule has 0 saturated heterocycles. The Morgan fingerprint density at radius 1 is 1.29 bits per heavy atom. The van der Waals surface area contributed by atoms with Crippen LogP contribution in [0.5, 0.6) is 11.5 Å². The maximum Gasteiger partial charge on any atom is 0.231 e. The van der Waals surface area contributed by atoms with Crippen LogP contribution in [0.1, 0.15) is 22.9 Å². The third-order valence-electron chi connectivity index (χ3n) is 4.08. The van der Waals surface area contributed by atoms with Gasteiger partial charge in [-0.15, -0.1) is 11.3 Å². The van der Waals surface area contributed by atoms with E-state index in [1.807, 2.05) is 43.7 Å². The van der Waals surface area contributed by atoms with Crippen molar-refractivity contribution < 1.29 is 14.3 Å². The van der Waals surface area contributed by atoms with Gasteiger partial charge in [0.05, 0.1) is 6.04 Å².